The van der Waals surface area contributed by atoms with Gasteiger partial charge in [0.2, 0.25) is 0 Å². The highest BCUT2D eigenvalue weighted by Crippen LogP contribution is 2.42. The normalized spacial score (nSPS) is 21.6. The molecule has 182 valence electrons. The molecule has 34 heavy (non-hydrogen) atoms. The molecule has 0 saturated heterocycles. The van der Waals surface area contributed by atoms with Crippen molar-refractivity contribution in [1.82, 2.24) is 4.98 Å². The Balaban J connectivity index is 1.56. The Hall–Kier alpha value is -2.54. The van der Waals surface area contributed by atoms with Crippen molar-refractivity contribution in [3.8, 4) is 16.9 Å². The molecule has 2 heterocycles. The number of nitrogens with one attached hydrogen (secondary N) is 1. The van der Waals surface area contributed by atoms with Gasteiger partial charge in [-0.05, 0) is 87.1 Å². The number of aryl methyl sites for hydroxylation is 1. The first-order chi connectivity index (χ1) is 16.1. The lowest BCUT2D eigenvalue weighted by molar-refractivity contribution is -0.586. The van der Waals surface area contributed by atoms with Crippen molar-refractivity contribution in [1.29, 1.82) is 0 Å². The Labute approximate surface area is 201 Å². The van der Waals surface area contributed by atoms with E-state index in [1.807, 2.05) is 18.2 Å². The molecule has 2 aliphatic rings. The van der Waals surface area contributed by atoms with Crippen molar-refractivity contribution in [2.75, 3.05) is 0 Å². The molecule has 1 aromatic carbocycles. The summed E-state index contributed by atoms with van der Waals surface area (Å²) in [5.41, 5.74) is 2.84. The van der Waals surface area contributed by atoms with Crippen LogP contribution in [-0.4, -0.2) is 24.8 Å². The van der Waals surface area contributed by atoms with Gasteiger partial charge in [0.25, 0.3) is 5.65 Å². The van der Waals surface area contributed by atoms with E-state index in [2.05, 4.69) is 25.8 Å². The van der Waals surface area contributed by atoms with Gasteiger partial charge in [0, 0.05) is 11.1 Å². The molecule has 0 atom stereocenters. The van der Waals surface area contributed by atoms with Crippen molar-refractivity contribution in [2.24, 2.45) is 11.3 Å². The first kappa shape index (κ1) is 23.2. The van der Waals surface area contributed by atoms with E-state index in [4.69, 9.17) is 4.74 Å². The molecule has 1 N–H and O–H groups in total. The summed E-state index contributed by atoms with van der Waals surface area (Å²) in [5.74, 6) is 1.36. The van der Waals surface area contributed by atoms with E-state index in [1.165, 1.54) is 0 Å². The number of H-pyrrole nitrogens is 1. The molecule has 7 heteroatoms. The lowest BCUT2D eigenvalue weighted by Crippen LogP contribution is -2.31. The molecule has 0 aliphatic heterocycles. The number of aromatic nitrogens is 2. The molecular formula is C27H34N2O4S. The zero-order valence-electron chi connectivity index (χ0n) is 20.4. The lowest BCUT2D eigenvalue weighted by atomic mass is 9.72. The quantitative estimate of drug-likeness (QED) is 0.373. The van der Waals surface area contributed by atoms with Gasteiger partial charge < -0.3 is 9.94 Å². The van der Waals surface area contributed by atoms with Crippen LogP contribution >= 0.6 is 0 Å². The Morgan fingerprint density at radius 2 is 1.71 bits per heavy atom. The minimum Gasteiger partial charge on any atom is -0.710 e. The average Bonchev–Trinajstić information content (AvgIpc) is 3.54. The smallest absolute Gasteiger partial charge is 0.290 e. The van der Waals surface area contributed by atoms with Gasteiger partial charge >= 0.3 is 0 Å². The fourth-order valence-electron chi connectivity index (χ4n) is 5.29. The second-order valence-corrected chi connectivity index (χ2v) is 13.3. The molecule has 3 aromatic rings. The third-order valence-electron chi connectivity index (χ3n) is 7.62. The van der Waals surface area contributed by atoms with Gasteiger partial charge in [-0.15, -0.1) is 0 Å². The van der Waals surface area contributed by atoms with Gasteiger partial charge in [0.15, 0.2) is 9.84 Å². The second kappa shape index (κ2) is 8.29. The summed E-state index contributed by atoms with van der Waals surface area (Å²) in [6.45, 7) is 8.67. The highest BCUT2D eigenvalue weighted by Gasteiger charge is 2.37. The number of fused-ring (bicyclic) bond motifs is 1. The van der Waals surface area contributed by atoms with Crippen LogP contribution < -0.4 is 9.47 Å². The molecule has 0 bridgehead atoms. The van der Waals surface area contributed by atoms with Gasteiger partial charge in [-0.1, -0.05) is 20.8 Å². The summed E-state index contributed by atoms with van der Waals surface area (Å²) >= 11 is 0. The zero-order valence-corrected chi connectivity index (χ0v) is 21.2. The lowest BCUT2D eigenvalue weighted by Gasteiger charge is -2.37. The molecule has 5 rings (SSSR count). The highest BCUT2D eigenvalue weighted by atomic mass is 32.2. The van der Waals surface area contributed by atoms with E-state index >= 15 is 0 Å². The monoisotopic (exact) mass is 482 g/mol. The number of hydrogen-bond acceptors (Lipinski definition) is 4. The van der Waals surface area contributed by atoms with E-state index < -0.39 is 9.84 Å². The highest BCUT2D eigenvalue weighted by molar-refractivity contribution is 7.92. The molecule has 2 aliphatic carbocycles. The number of ether oxygens (including phenoxy) is 1. The van der Waals surface area contributed by atoms with Crippen LogP contribution in [0.25, 0.3) is 22.2 Å². The fraction of sp³-hybridized carbons (Fsp3) is 0.519. The predicted octanol–water partition coefficient (Wildman–Crippen LogP) is 5.70. The van der Waals surface area contributed by atoms with Crippen LogP contribution in [0.2, 0.25) is 0 Å². The summed E-state index contributed by atoms with van der Waals surface area (Å²) in [6.07, 6.45) is 7.49. The number of benzene rings is 1. The van der Waals surface area contributed by atoms with E-state index in [-0.39, 0.29) is 11.4 Å². The summed E-state index contributed by atoms with van der Waals surface area (Å²) in [4.78, 5) is 3.35. The molecule has 2 saturated carbocycles. The van der Waals surface area contributed by atoms with E-state index in [9.17, 15) is 13.6 Å². The maximum atomic E-state index is 13.0. The van der Waals surface area contributed by atoms with Crippen molar-refractivity contribution < 1.29 is 17.9 Å². The maximum Gasteiger partial charge on any atom is 0.290 e. The first-order valence-electron chi connectivity index (χ1n) is 12.3. The third kappa shape index (κ3) is 4.19. The van der Waals surface area contributed by atoms with Crippen molar-refractivity contribution in [3.05, 3.63) is 47.4 Å². The van der Waals surface area contributed by atoms with Crippen molar-refractivity contribution in [3.63, 3.8) is 0 Å². The van der Waals surface area contributed by atoms with Crippen LogP contribution in [-0.2, 0) is 9.84 Å². The van der Waals surface area contributed by atoms with Crippen LogP contribution in [0.15, 0.2) is 41.4 Å². The summed E-state index contributed by atoms with van der Waals surface area (Å²) in [5, 5.41) is 13.0. The summed E-state index contributed by atoms with van der Waals surface area (Å²) < 4.78 is 33.5. The van der Waals surface area contributed by atoms with Crippen LogP contribution in [0.3, 0.4) is 0 Å². The van der Waals surface area contributed by atoms with Gasteiger partial charge in [0.1, 0.15) is 11.4 Å². The average molecular weight is 483 g/mol. The van der Waals surface area contributed by atoms with Crippen LogP contribution in [0.4, 0.5) is 0 Å². The molecule has 0 amide bonds. The molecule has 2 aromatic heterocycles. The number of nitrogens with zero attached hydrogens (tertiary/aromatic N) is 1. The Morgan fingerprint density at radius 3 is 2.35 bits per heavy atom. The first-order valence-corrected chi connectivity index (χ1v) is 13.9. The van der Waals surface area contributed by atoms with Gasteiger partial charge in [0.05, 0.1) is 27.8 Å². The predicted molar refractivity (Wildman–Crippen MR) is 133 cm³/mol. The maximum absolute atomic E-state index is 13.0. The van der Waals surface area contributed by atoms with E-state index in [1.54, 1.807) is 25.3 Å². The van der Waals surface area contributed by atoms with Crippen molar-refractivity contribution >= 4 is 20.9 Å². The van der Waals surface area contributed by atoms with E-state index in [0.717, 1.165) is 59.8 Å². The van der Waals surface area contributed by atoms with Crippen LogP contribution in [0.5, 0.6) is 5.75 Å². The molecule has 2 fully saturated rings. The third-order valence-corrected chi connectivity index (χ3v) is 9.88. The molecule has 0 spiro atoms. The number of sulfone groups is 1. The van der Waals surface area contributed by atoms with Gasteiger partial charge in [-0.2, -0.15) is 0 Å². The molecule has 0 unspecified atom stereocenters. The summed E-state index contributed by atoms with van der Waals surface area (Å²) in [6, 6.07) is 8.94. The van der Waals surface area contributed by atoms with Crippen LogP contribution in [0, 0.1) is 23.5 Å². The zero-order chi connectivity index (χ0) is 24.3. The molecule has 6 nitrogen and oxygen atoms in total. The number of rotatable bonds is 5. The SMILES string of the molecule is Cc1cc(-c2cc(S(=O)(=O)C3CC3)ccc2O[C@H]2CC[C@H](C(C)(C)C)CC2)c2cc[nH]c2[n+]1[O-]. The summed E-state index contributed by atoms with van der Waals surface area (Å²) in [7, 11) is -3.36. The molecular weight excluding hydrogens is 448 g/mol. The van der Waals surface area contributed by atoms with Gasteiger partial charge in [-0.3, -0.25) is 0 Å². The Kier molecular flexibility index (Phi) is 5.66. The largest absolute Gasteiger partial charge is 0.710 e. The topological polar surface area (TPSA) is 86.1 Å². The van der Waals surface area contributed by atoms with E-state index in [0.29, 0.717) is 33.3 Å². The second-order valence-electron chi connectivity index (χ2n) is 11.1. The minimum atomic E-state index is -3.36. The standard InChI is InChI=1S/C27H34N2O4S/c1-17-15-23(22-13-14-28-26(22)29(17)30)24-16-21(34(31,32)20-9-10-20)11-12-25(24)33-19-7-5-18(6-8-19)27(2,3)4/h11-16,18-20,28H,5-10H2,1-4H3/t18-,19-. The number of pyridine rings is 1. The number of aromatic amines is 1. The van der Waals surface area contributed by atoms with Gasteiger partial charge in [-0.25, -0.2) is 18.1 Å². The Bertz CT molecular complexity index is 1320. The molecule has 0 radical (unpaired) electrons. The number of hydrogen-bond donors (Lipinski definition) is 1. The fourth-order valence-corrected chi connectivity index (χ4v) is 6.97. The van der Waals surface area contributed by atoms with Crippen LogP contribution in [0.1, 0.15) is 65.0 Å². The Morgan fingerprint density at radius 1 is 1.00 bits per heavy atom. The van der Waals surface area contributed by atoms with Crippen molar-refractivity contribution in [2.45, 2.75) is 82.5 Å². The minimum absolute atomic E-state index is 0.0965.